The highest BCUT2D eigenvalue weighted by Gasteiger charge is 2.42. The smallest absolute Gasteiger partial charge is 0.192 e. The maximum atomic E-state index is 9.91. The van der Waals surface area contributed by atoms with Crippen LogP contribution in [0.2, 0.25) is 18.1 Å². The van der Waals surface area contributed by atoms with Crippen LogP contribution in [0.4, 0.5) is 0 Å². The predicted molar refractivity (Wildman–Crippen MR) is 67.9 cm³/mol. The Bertz CT molecular complexity index is 235. The molecule has 96 valence electrons. The van der Waals surface area contributed by atoms with Gasteiger partial charge in [-0.05, 0) is 37.4 Å². The van der Waals surface area contributed by atoms with Crippen LogP contribution in [0.15, 0.2) is 0 Å². The fraction of sp³-hybridized carbons (Fsp3) is 1.00. The van der Waals surface area contributed by atoms with Gasteiger partial charge in [0.25, 0.3) is 0 Å². The minimum Gasteiger partial charge on any atom is -0.411 e. The molecule has 3 atom stereocenters. The molecule has 0 saturated heterocycles. The van der Waals surface area contributed by atoms with Crippen LogP contribution in [0.25, 0.3) is 0 Å². The van der Waals surface area contributed by atoms with Gasteiger partial charge >= 0.3 is 0 Å². The van der Waals surface area contributed by atoms with E-state index in [4.69, 9.17) is 4.43 Å². The molecule has 0 amide bonds. The fourth-order valence-electron chi connectivity index (χ4n) is 1.80. The lowest BCUT2D eigenvalue weighted by molar-refractivity contribution is -0.0789. The summed E-state index contributed by atoms with van der Waals surface area (Å²) in [7, 11) is -1.83. The normalized spacial score (nSPS) is 32.8. The van der Waals surface area contributed by atoms with Gasteiger partial charge in [0.15, 0.2) is 8.32 Å². The predicted octanol–water partition coefficient (Wildman–Crippen LogP) is 2.28. The van der Waals surface area contributed by atoms with Gasteiger partial charge in [0.05, 0.1) is 12.2 Å². The Morgan fingerprint density at radius 2 is 1.69 bits per heavy atom. The van der Waals surface area contributed by atoms with Crippen LogP contribution in [0.1, 0.15) is 40.0 Å². The van der Waals surface area contributed by atoms with Crippen LogP contribution in [-0.4, -0.2) is 36.8 Å². The lowest BCUT2D eigenvalue weighted by atomic mass is 9.92. The summed E-state index contributed by atoms with van der Waals surface area (Å²) in [4.78, 5) is 0. The first-order valence-electron chi connectivity index (χ1n) is 6.19. The molecule has 1 saturated carbocycles. The van der Waals surface area contributed by atoms with Gasteiger partial charge in [0, 0.05) is 0 Å². The molecule has 0 spiro atoms. The van der Waals surface area contributed by atoms with Crippen molar-refractivity contribution >= 4 is 8.32 Å². The average Bonchev–Trinajstić information content (AvgIpc) is 2.11. The van der Waals surface area contributed by atoms with Gasteiger partial charge in [-0.3, -0.25) is 0 Å². The third kappa shape index (κ3) is 3.06. The van der Waals surface area contributed by atoms with Crippen LogP contribution in [-0.2, 0) is 4.43 Å². The molecular formula is C12H26O3Si. The molecule has 16 heavy (non-hydrogen) atoms. The molecule has 0 radical (unpaired) electrons. The number of aliphatic hydroxyl groups excluding tert-OH is 2. The van der Waals surface area contributed by atoms with Gasteiger partial charge in [-0.1, -0.05) is 20.8 Å². The molecule has 0 heterocycles. The molecule has 4 heteroatoms. The van der Waals surface area contributed by atoms with E-state index in [9.17, 15) is 10.2 Å². The quantitative estimate of drug-likeness (QED) is 0.735. The number of rotatable bonds is 2. The first-order chi connectivity index (χ1) is 7.15. The third-order valence-corrected chi connectivity index (χ3v) is 8.52. The summed E-state index contributed by atoms with van der Waals surface area (Å²) < 4.78 is 6.15. The second-order valence-electron chi connectivity index (χ2n) is 6.41. The Morgan fingerprint density at radius 3 is 2.19 bits per heavy atom. The van der Waals surface area contributed by atoms with E-state index in [0.29, 0.717) is 6.42 Å². The number of hydrogen-bond donors (Lipinski definition) is 2. The van der Waals surface area contributed by atoms with E-state index in [0.717, 1.165) is 12.8 Å². The van der Waals surface area contributed by atoms with Crippen LogP contribution in [0, 0.1) is 0 Å². The fourth-order valence-corrected chi connectivity index (χ4v) is 3.17. The summed E-state index contributed by atoms with van der Waals surface area (Å²) in [5.74, 6) is 0. The molecule has 1 fully saturated rings. The summed E-state index contributed by atoms with van der Waals surface area (Å²) in [6, 6.07) is 0. The summed E-state index contributed by atoms with van der Waals surface area (Å²) in [5.41, 5.74) is 0. The first-order valence-corrected chi connectivity index (χ1v) is 9.10. The van der Waals surface area contributed by atoms with E-state index < -0.39 is 20.5 Å². The third-order valence-electron chi connectivity index (χ3n) is 4.02. The van der Waals surface area contributed by atoms with Crippen LogP contribution >= 0.6 is 0 Å². The summed E-state index contributed by atoms with van der Waals surface area (Å²) in [5, 5.41) is 19.7. The van der Waals surface area contributed by atoms with E-state index in [1.165, 1.54) is 0 Å². The minimum atomic E-state index is -1.83. The second kappa shape index (κ2) is 4.76. The standard InChI is InChI=1S/C12H26O3Si/c1-12(2,3)16(4,5)15-10-8-6-7-9(13)11(10)14/h9-11,13-14H,6-8H2,1-5H3. The lowest BCUT2D eigenvalue weighted by Crippen LogP contribution is -2.51. The van der Waals surface area contributed by atoms with Gasteiger partial charge < -0.3 is 14.6 Å². The van der Waals surface area contributed by atoms with E-state index in [-0.39, 0.29) is 11.1 Å². The largest absolute Gasteiger partial charge is 0.411 e. The van der Waals surface area contributed by atoms with Gasteiger partial charge in [-0.15, -0.1) is 0 Å². The van der Waals surface area contributed by atoms with Gasteiger partial charge in [-0.2, -0.15) is 0 Å². The van der Waals surface area contributed by atoms with E-state index >= 15 is 0 Å². The second-order valence-corrected chi connectivity index (χ2v) is 11.2. The van der Waals surface area contributed by atoms with Crippen molar-refractivity contribution in [2.45, 2.75) is 76.5 Å². The van der Waals surface area contributed by atoms with Crippen molar-refractivity contribution in [2.24, 2.45) is 0 Å². The molecule has 1 aliphatic rings. The Morgan fingerprint density at radius 1 is 1.12 bits per heavy atom. The molecule has 0 bridgehead atoms. The lowest BCUT2D eigenvalue weighted by Gasteiger charge is -2.42. The van der Waals surface area contributed by atoms with Crippen molar-refractivity contribution in [3.05, 3.63) is 0 Å². The highest BCUT2D eigenvalue weighted by atomic mass is 28.4. The van der Waals surface area contributed by atoms with Gasteiger partial charge in [-0.25, -0.2) is 0 Å². The van der Waals surface area contributed by atoms with Crippen LogP contribution in [0.5, 0.6) is 0 Å². The summed E-state index contributed by atoms with van der Waals surface area (Å²) in [6.07, 6.45) is 1.01. The zero-order valence-corrected chi connectivity index (χ0v) is 12.2. The number of hydrogen-bond acceptors (Lipinski definition) is 3. The Kier molecular flexibility index (Phi) is 4.22. The monoisotopic (exact) mass is 246 g/mol. The van der Waals surface area contributed by atoms with Gasteiger partial charge in [0.1, 0.15) is 6.10 Å². The average molecular weight is 246 g/mol. The Hall–Kier alpha value is 0.0969. The molecule has 3 unspecified atom stereocenters. The van der Waals surface area contributed by atoms with Crippen LogP contribution in [0.3, 0.4) is 0 Å². The van der Waals surface area contributed by atoms with Crippen molar-refractivity contribution in [1.82, 2.24) is 0 Å². The maximum absolute atomic E-state index is 9.91. The minimum absolute atomic E-state index is 0.148. The summed E-state index contributed by atoms with van der Waals surface area (Å²) >= 11 is 0. The molecule has 0 aliphatic heterocycles. The highest BCUT2D eigenvalue weighted by Crippen LogP contribution is 2.39. The van der Waals surface area contributed by atoms with E-state index in [2.05, 4.69) is 33.9 Å². The van der Waals surface area contributed by atoms with Crippen molar-refractivity contribution in [3.63, 3.8) is 0 Å². The molecule has 0 aromatic carbocycles. The highest BCUT2D eigenvalue weighted by molar-refractivity contribution is 6.74. The van der Waals surface area contributed by atoms with Crippen molar-refractivity contribution < 1.29 is 14.6 Å². The molecular weight excluding hydrogens is 220 g/mol. The molecule has 3 nitrogen and oxygen atoms in total. The zero-order valence-electron chi connectivity index (χ0n) is 11.2. The van der Waals surface area contributed by atoms with Crippen LogP contribution < -0.4 is 0 Å². The molecule has 0 aromatic heterocycles. The number of aliphatic hydroxyl groups is 2. The maximum Gasteiger partial charge on any atom is 0.192 e. The van der Waals surface area contributed by atoms with Crippen molar-refractivity contribution in [2.75, 3.05) is 0 Å². The first kappa shape index (κ1) is 14.2. The summed E-state index contributed by atoms with van der Waals surface area (Å²) in [6.45, 7) is 10.9. The molecule has 0 aromatic rings. The van der Waals surface area contributed by atoms with E-state index in [1.54, 1.807) is 0 Å². The topological polar surface area (TPSA) is 49.7 Å². The molecule has 1 rings (SSSR count). The van der Waals surface area contributed by atoms with E-state index in [1.807, 2.05) is 0 Å². The Balaban J connectivity index is 2.66. The van der Waals surface area contributed by atoms with Gasteiger partial charge in [0.2, 0.25) is 0 Å². The zero-order chi connectivity index (χ0) is 12.6. The van der Waals surface area contributed by atoms with Crippen molar-refractivity contribution in [1.29, 1.82) is 0 Å². The SMILES string of the molecule is CC(C)(C)[Si](C)(C)OC1CCCC(O)C1O. The van der Waals surface area contributed by atoms with Crippen molar-refractivity contribution in [3.8, 4) is 0 Å². The Labute approximate surface area is 100.0 Å². The molecule has 1 aliphatic carbocycles. The molecule has 2 N–H and O–H groups in total.